The first kappa shape index (κ1) is 17.2. The first-order valence-electron chi connectivity index (χ1n) is 8.38. The van der Waals surface area contributed by atoms with Gasteiger partial charge in [-0.3, -0.25) is 4.79 Å². The molecular formula is C20H17BrN2O2S. The second-order valence-corrected chi connectivity index (χ2v) is 8.27. The van der Waals surface area contributed by atoms with Crippen molar-refractivity contribution in [2.75, 3.05) is 11.9 Å². The standard InChI is InChI=1S/C20H17BrN2O2S/c1-12-18(13-6-8-14(21)9-7-13)22-20(26-12)23-19(24)16-10-11-25-17-5-3-2-4-15(16)17/h2-9,16H,10-11H2,1H3,(H,22,23,24). The van der Waals surface area contributed by atoms with Crippen LogP contribution in [0.4, 0.5) is 5.13 Å². The molecule has 0 saturated heterocycles. The Bertz CT molecular complexity index is 953. The number of carbonyl (C=O) groups excluding carboxylic acids is 1. The van der Waals surface area contributed by atoms with Gasteiger partial charge in [0, 0.05) is 20.5 Å². The molecule has 132 valence electrons. The Morgan fingerprint density at radius 2 is 2.00 bits per heavy atom. The van der Waals surface area contributed by atoms with Crippen molar-refractivity contribution in [3.8, 4) is 17.0 Å². The van der Waals surface area contributed by atoms with E-state index in [4.69, 9.17) is 4.74 Å². The highest BCUT2D eigenvalue weighted by Crippen LogP contribution is 2.35. The third-order valence-corrected chi connectivity index (χ3v) is 5.83. The van der Waals surface area contributed by atoms with Crippen molar-refractivity contribution in [2.45, 2.75) is 19.3 Å². The number of benzene rings is 2. The molecule has 1 atom stereocenters. The lowest BCUT2D eigenvalue weighted by Gasteiger charge is -2.24. The second-order valence-electron chi connectivity index (χ2n) is 6.15. The number of para-hydroxylation sites is 1. The number of fused-ring (bicyclic) bond motifs is 1. The van der Waals surface area contributed by atoms with Crippen molar-refractivity contribution < 1.29 is 9.53 Å². The lowest BCUT2D eigenvalue weighted by molar-refractivity contribution is -0.118. The zero-order valence-corrected chi connectivity index (χ0v) is 16.6. The molecule has 0 aliphatic carbocycles. The average molecular weight is 429 g/mol. The number of nitrogens with one attached hydrogen (secondary N) is 1. The molecule has 0 fully saturated rings. The van der Waals surface area contributed by atoms with E-state index >= 15 is 0 Å². The number of hydrogen-bond acceptors (Lipinski definition) is 4. The summed E-state index contributed by atoms with van der Waals surface area (Å²) in [6.07, 6.45) is 0.673. The van der Waals surface area contributed by atoms with Gasteiger partial charge in [-0.05, 0) is 31.5 Å². The van der Waals surface area contributed by atoms with E-state index in [1.807, 2.05) is 55.5 Å². The number of ether oxygens (including phenoxy) is 1. The van der Waals surface area contributed by atoms with Crippen molar-refractivity contribution in [2.24, 2.45) is 0 Å². The quantitative estimate of drug-likeness (QED) is 0.608. The van der Waals surface area contributed by atoms with E-state index < -0.39 is 0 Å². The minimum absolute atomic E-state index is 0.0307. The van der Waals surface area contributed by atoms with E-state index in [9.17, 15) is 4.79 Å². The topological polar surface area (TPSA) is 51.2 Å². The lowest BCUT2D eigenvalue weighted by Crippen LogP contribution is -2.26. The molecule has 2 aromatic carbocycles. The van der Waals surface area contributed by atoms with Crippen LogP contribution in [0.3, 0.4) is 0 Å². The zero-order valence-electron chi connectivity index (χ0n) is 14.2. The number of thiazole rings is 1. The SMILES string of the molecule is Cc1sc(NC(=O)C2CCOc3ccccc32)nc1-c1ccc(Br)cc1. The van der Waals surface area contributed by atoms with Gasteiger partial charge in [0.25, 0.3) is 0 Å². The monoisotopic (exact) mass is 428 g/mol. The van der Waals surface area contributed by atoms with Gasteiger partial charge in [0.15, 0.2) is 5.13 Å². The number of nitrogens with zero attached hydrogens (tertiary/aromatic N) is 1. The molecule has 0 radical (unpaired) electrons. The van der Waals surface area contributed by atoms with Crippen molar-refractivity contribution in [3.63, 3.8) is 0 Å². The lowest BCUT2D eigenvalue weighted by atomic mass is 9.92. The first-order valence-corrected chi connectivity index (χ1v) is 9.99. The third-order valence-electron chi connectivity index (χ3n) is 4.42. The van der Waals surface area contributed by atoms with E-state index in [0.29, 0.717) is 18.2 Å². The Morgan fingerprint density at radius 1 is 1.23 bits per heavy atom. The Hall–Kier alpha value is -2.18. The molecule has 0 saturated carbocycles. The summed E-state index contributed by atoms with van der Waals surface area (Å²) in [5.41, 5.74) is 2.89. The molecular weight excluding hydrogens is 412 g/mol. The molecule has 4 rings (SSSR count). The van der Waals surface area contributed by atoms with Gasteiger partial charge < -0.3 is 10.1 Å². The summed E-state index contributed by atoms with van der Waals surface area (Å²) in [6.45, 7) is 2.57. The Labute approximate surface area is 164 Å². The van der Waals surface area contributed by atoms with Crippen LogP contribution < -0.4 is 10.1 Å². The normalized spacial score (nSPS) is 15.8. The predicted molar refractivity (Wildman–Crippen MR) is 108 cm³/mol. The molecule has 2 heterocycles. The summed E-state index contributed by atoms with van der Waals surface area (Å²) < 4.78 is 6.68. The Balaban J connectivity index is 1.56. The largest absolute Gasteiger partial charge is 0.493 e. The molecule has 6 heteroatoms. The molecule has 1 aromatic heterocycles. The van der Waals surface area contributed by atoms with Gasteiger partial charge in [-0.25, -0.2) is 4.98 Å². The molecule has 3 aromatic rings. The van der Waals surface area contributed by atoms with Crippen molar-refractivity contribution >= 4 is 38.3 Å². The summed E-state index contributed by atoms with van der Waals surface area (Å²) in [6, 6.07) is 15.8. The molecule has 0 bridgehead atoms. The van der Waals surface area contributed by atoms with Crippen molar-refractivity contribution in [1.82, 2.24) is 4.98 Å². The van der Waals surface area contributed by atoms with Crippen LogP contribution in [-0.2, 0) is 4.79 Å². The molecule has 1 unspecified atom stereocenters. The predicted octanol–water partition coefficient (Wildman–Crippen LogP) is 5.39. The molecule has 4 nitrogen and oxygen atoms in total. The highest BCUT2D eigenvalue weighted by atomic mass is 79.9. The van der Waals surface area contributed by atoms with Crippen LogP contribution in [0.2, 0.25) is 0 Å². The number of carbonyl (C=O) groups is 1. The fourth-order valence-corrected chi connectivity index (χ4v) is 4.24. The minimum Gasteiger partial charge on any atom is -0.493 e. The molecule has 1 amide bonds. The smallest absolute Gasteiger partial charge is 0.233 e. The van der Waals surface area contributed by atoms with Crippen LogP contribution in [0, 0.1) is 6.92 Å². The number of amides is 1. The van der Waals surface area contributed by atoms with Crippen molar-refractivity contribution in [1.29, 1.82) is 0 Å². The fraction of sp³-hybridized carbons (Fsp3) is 0.200. The number of rotatable bonds is 3. The van der Waals surface area contributed by atoms with E-state index in [2.05, 4.69) is 26.2 Å². The van der Waals surface area contributed by atoms with Gasteiger partial charge in [-0.15, -0.1) is 11.3 Å². The van der Waals surface area contributed by atoms with Crippen LogP contribution in [0.5, 0.6) is 5.75 Å². The highest BCUT2D eigenvalue weighted by molar-refractivity contribution is 9.10. The maximum absolute atomic E-state index is 12.8. The van der Waals surface area contributed by atoms with Gasteiger partial charge in [0.2, 0.25) is 5.91 Å². The summed E-state index contributed by atoms with van der Waals surface area (Å²) >= 11 is 4.95. The molecule has 1 N–H and O–H groups in total. The van der Waals surface area contributed by atoms with Crippen LogP contribution in [-0.4, -0.2) is 17.5 Å². The first-order chi connectivity index (χ1) is 12.6. The number of aryl methyl sites for hydroxylation is 1. The van der Waals surface area contributed by atoms with Gasteiger partial charge in [-0.2, -0.15) is 0 Å². The maximum Gasteiger partial charge on any atom is 0.233 e. The fourth-order valence-electron chi connectivity index (χ4n) is 3.13. The molecule has 1 aliphatic rings. The Morgan fingerprint density at radius 3 is 2.81 bits per heavy atom. The zero-order chi connectivity index (χ0) is 18.1. The van der Waals surface area contributed by atoms with Crippen LogP contribution >= 0.6 is 27.3 Å². The van der Waals surface area contributed by atoms with E-state index in [1.54, 1.807) is 0 Å². The van der Waals surface area contributed by atoms with Gasteiger partial charge in [0.1, 0.15) is 5.75 Å². The molecule has 26 heavy (non-hydrogen) atoms. The number of aromatic nitrogens is 1. The van der Waals surface area contributed by atoms with Gasteiger partial charge in [-0.1, -0.05) is 46.3 Å². The number of hydrogen-bond donors (Lipinski definition) is 1. The van der Waals surface area contributed by atoms with Crippen LogP contribution in [0.15, 0.2) is 53.0 Å². The van der Waals surface area contributed by atoms with Gasteiger partial charge >= 0.3 is 0 Å². The second kappa shape index (κ2) is 7.21. The maximum atomic E-state index is 12.8. The summed E-state index contributed by atoms with van der Waals surface area (Å²) in [5.74, 6) is 0.557. The van der Waals surface area contributed by atoms with E-state index in [1.165, 1.54) is 11.3 Å². The molecule has 0 spiro atoms. The minimum atomic E-state index is -0.208. The Kier molecular flexibility index (Phi) is 4.78. The summed E-state index contributed by atoms with van der Waals surface area (Å²) in [4.78, 5) is 18.5. The van der Waals surface area contributed by atoms with Crippen LogP contribution in [0.1, 0.15) is 22.8 Å². The van der Waals surface area contributed by atoms with E-state index in [0.717, 1.165) is 31.9 Å². The third kappa shape index (κ3) is 3.39. The summed E-state index contributed by atoms with van der Waals surface area (Å²) in [7, 11) is 0. The number of halogens is 1. The van der Waals surface area contributed by atoms with Crippen LogP contribution in [0.25, 0.3) is 11.3 Å². The van der Waals surface area contributed by atoms with E-state index in [-0.39, 0.29) is 11.8 Å². The summed E-state index contributed by atoms with van der Waals surface area (Å²) in [5, 5.41) is 3.63. The van der Waals surface area contributed by atoms with Gasteiger partial charge in [0.05, 0.1) is 18.2 Å². The van der Waals surface area contributed by atoms with Crippen molar-refractivity contribution in [3.05, 3.63) is 63.4 Å². The average Bonchev–Trinajstić information content (AvgIpc) is 3.02. The highest BCUT2D eigenvalue weighted by Gasteiger charge is 2.28. The molecule has 1 aliphatic heterocycles. The number of anilines is 1.